The molecule has 0 aromatic heterocycles. The molecule has 1 heteroatoms. The minimum atomic E-state index is 0.134. The van der Waals surface area contributed by atoms with E-state index in [9.17, 15) is 0 Å². The highest BCUT2D eigenvalue weighted by molar-refractivity contribution is 6.15. The fourth-order valence-electron chi connectivity index (χ4n) is 1.10. The SMILES string of the molecule is [B]C(CC)(CC)CCC. The van der Waals surface area contributed by atoms with Crippen LogP contribution in [0.2, 0.25) is 5.31 Å². The van der Waals surface area contributed by atoms with Gasteiger partial charge in [-0.1, -0.05) is 51.8 Å². The van der Waals surface area contributed by atoms with Gasteiger partial charge >= 0.3 is 0 Å². The molecule has 0 N–H and O–H groups in total. The van der Waals surface area contributed by atoms with E-state index in [0.29, 0.717) is 0 Å². The van der Waals surface area contributed by atoms with Crippen molar-refractivity contribution in [3.05, 3.63) is 0 Å². The summed E-state index contributed by atoms with van der Waals surface area (Å²) in [7, 11) is 6.01. The van der Waals surface area contributed by atoms with Gasteiger partial charge in [0.25, 0.3) is 0 Å². The quantitative estimate of drug-likeness (QED) is 0.505. The molecule has 2 radical (unpaired) electrons. The summed E-state index contributed by atoms with van der Waals surface area (Å²) in [5.41, 5.74) is 0. The van der Waals surface area contributed by atoms with E-state index < -0.39 is 0 Å². The van der Waals surface area contributed by atoms with Crippen LogP contribution < -0.4 is 0 Å². The molecule has 9 heavy (non-hydrogen) atoms. The van der Waals surface area contributed by atoms with E-state index >= 15 is 0 Å². The van der Waals surface area contributed by atoms with E-state index in [1.54, 1.807) is 0 Å². The Morgan fingerprint density at radius 3 is 1.67 bits per heavy atom. The maximum atomic E-state index is 6.01. The first-order valence-electron chi connectivity index (χ1n) is 3.97. The number of hydrogen-bond acceptors (Lipinski definition) is 0. The van der Waals surface area contributed by atoms with Crippen LogP contribution in [-0.4, -0.2) is 7.85 Å². The van der Waals surface area contributed by atoms with Gasteiger partial charge in [-0.05, 0) is 0 Å². The molecule has 0 aromatic rings. The maximum Gasteiger partial charge on any atom is 0.0746 e. The third-order valence-electron chi connectivity index (χ3n) is 2.16. The van der Waals surface area contributed by atoms with Crippen LogP contribution in [0.4, 0.5) is 0 Å². The highest BCUT2D eigenvalue weighted by Crippen LogP contribution is 2.35. The molecule has 0 aliphatic rings. The molecule has 0 saturated carbocycles. The zero-order valence-electron chi connectivity index (χ0n) is 6.91. The molecule has 0 spiro atoms. The summed E-state index contributed by atoms with van der Waals surface area (Å²) < 4.78 is 0. The first-order valence-corrected chi connectivity index (χ1v) is 3.97. The monoisotopic (exact) mass is 124 g/mol. The summed E-state index contributed by atoms with van der Waals surface area (Å²) in [6.45, 7) is 6.52. The van der Waals surface area contributed by atoms with Gasteiger partial charge < -0.3 is 0 Å². The second-order valence-corrected chi connectivity index (χ2v) is 2.82. The van der Waals surface area contributed by atoms with E-state index in [1.165, 1.54) is 12.8 Å². The third kappa shape index (κ3) is 2.93. The summed E-state index contributed by atoms with van der Waals surface area (Å²) in [6.07, 6.45) is 4.59. The van der Waals surface area contributed by atoms with Gasteiger partial charge in [-0.2, -0.15) is 0 Å². The van der Waals surface area contributed by atoms with Crippen LogP contribution in [0.3, 0.4) is 0 Å². The molecule has 0 fully saturated rings. The van der Waals surface area contributed by atoms with E-state index in [2.05, 4.69) is 20.8 Å². The lowest BCUT2D eigenvalue weighted by Crippen LogP contribution is -2.09. The van der Waals surface area contributed by atoms with Crippen LogP contribution in [0.15, 0.2) is 0 Å². The van der Waals surface area contributed by atoms with Crippen LogP contribution >= 0.6 is 0 Å². The average molecular weight is 124 g/mol. The second-order valence-electron chi connectivity index (χ2n) is 2.82. The van der Waals surface area contributed by atoms with Gasteiger partial charge in [-0.15, -0.1) is 0 Å². The first kappa shape index (κ1) is 9.06. The summed E-state index contributed by atoms with van der Waals surface area (Å²) in [5, 5.41) is 0.134. The van der Waals surface area contributed by atoms with Crippen molar-refractivity contribution < 1.29 is 0 Å². The molecule has 0 rings (SSSR count). The Bertz CT molecular complexity index is 65.0. The molecule has 0 amide bonds. The summed E-state index contributed by atoms with van der Waals surface area (Å²) in [6, 6.07) is 0. The molecule has 0 nitrogen and oxygen atoms in total. The molecule has 0 saturated heterocycles. The van der Waals surface area contributed by atoms with Gasteiger partial charge in [0.15, 0.2) is 0 Å². The van der Waals surface area contributed by atoms with Crippen LogP contribution in [0.25, 0.3) is 0 Å². The van der Waals surface area contributed by atoms with Crippen molar-refractivity contribution in [3.63, 3.8) is 0 Å². The second kappa shape index (κ2) is 3.97. The molecular weight excluding hydrogens is 107 g/mol. The van der Waals surface area contributed by atoms with Crippen molar-refractivity contribution in [2.24, 2.45) is 0 Å². The van der Waals surface area contributed by atoms with Crippen LogP contribution in [-0.2, 0) is 0 Å². The Morgan fingerprint density at radius 2 is 1.56 bits per heavy atom. The molecule has 52 valence electrons. The molecule has 0 bridgehead atoms. The van der Waals surface area contributed by atoms with Gasteiger partial charge in [-0.25, -0.2) is 0 Å². The Kier molecular flexibility index (Phi) is 4.00. The fraction of sp³-hybridized carbons (Fsp3) is 1.00. The molecule has 0 unspecified atom stereocenters. The highest BCUT2D eigenvalue weighted by Gasteiger charge is 2.16. The first-order chi connectivity index (χ1) is 4.18. The van der Waals surface area contributed by atoms with Crippen molar-refractivity contribution in [2.75, 3.05) is 0 Å². The van der Waals surface area contributed by atoms with Crippen LogP contribution in [0.1, 0.15) is 46.5 Å². The lowest BCUT2D eigenvalue weighted by atomic mass is 9.62. The molecular formula is C8H17B. The molecule has 0 aliphatic carbocycles. The van der Waals surface area contributed by atoms with Gasteiger partial charge in [0.1, 0.15) is 0 Å². The fourth-order valence-corrected chi connectivity index (χ4v) is 1.10. The normalized spacial score (nSPS) is 11.9. The lowest BCUT2D eigenvalue weighted by Gasteiger charge is -2.26. The number of hydrogen-bond donors (Lipinski definition) is 0. The van der Waals surface area contributed by atoms with Crippen molar-refractivity contribution >= 4 is 7.85 Å². The zero-order valence-corrected chi connectivity index (χ0v) is 6.91. The van der Waals surface area contributed by atoms with E-state index in [1.807, 2.05) is 0 Å². The minimum absolute atomic E-state index is 0.134. The van der Waals surface area contributed by atoms with Crippen molar-refractivity contribution in [2.45, 2.75) is 51.8 Å². The van der Waals surface area contributed by atoms with Gasteiger partial charge in [0.2, 0.25) is 0 Å². The zero-order chi connectivity index (χ0) is 7.33. The van der Waals surface area contributed by atoms with Gasteiger partial charge in [0.05, 0.1) is 7.85 Å². The van der Waals surface area contributed by atoms with Crippen LogP contribution in [0.5, 0.6) is 0 Å². The molecule has 0 aliphatic heterocycles. The largest absolute Gasteiger partial charge is 0.0746 e. The molecule has 0 heterocycles. The topological polar surface area (TPSA) is 0 Å². The van der Waals surface area contributed by atoms with Crippen molar-refractivity contribution in [1.29, 1.82) is 0 Å². The van der Waals surface area contributed by atoms with E-state index in [-0.39, 0.29) is 5.31 Å². The third-order valence-corrected chi connectivity index (χ3v) is 2.16. The van der Waals surface area contributed by atoms with Crippen molar-refractivity contribution in [1.82, 2.24) is 0 Å². The molecule has 0 aromatic carbocycles. The maximum absolute atomic E-state index is 6.01. The smallest absolute Gasteiger partial charge is 0.0666 e. The Hall–Kier alpha value is 0.0649. The summed E-state index contributed by atoms with van der Waals surface area (Å²) in [4.78, 5) is 0. The predicted molar refractivity (Wildman–Crippen MR) is 43.9 cm³/mol. The van der Waals surface area contributed by atoms with E-state index in [4.69, 9.17) is 7.85 Å². The van der Waals surface area contributed by atoms with E-state index in [0.717, 1.165) is 12.8 Å². The Morgan fingerprint density at radius 1 is 1.11 bits per heavy atom. The highest BCUT2D eigenvalue weighted by atomic mass is 14.2. The standard InChI is InChI=1S/C8H17B/c1-4-7-8(9,5-2)6-3/h4-7H2,1-3H3. The summed E-state index contributed by atoms with van der Waals surface area (Å²) >= 11 is 0. The van der Waals surface area contributed by atoms with Gasteiger partial charge in [-0.3, -0.25) is 0 Å². The van der Waals surface area contributed by atoms with Crippen LogP contribution in [0, 0.1) is 0 Å². The Balaban J connectivity index is 3.62. The minimum Gasteiger partial charge on any atom is -0.0666 e. The summed E-state index contributed by atoms with van der Waals surface area (Å²) in [5.74, 6) is 0. The molecule has 0 atom stereocenters. The van der Waals surface area contributed by atoms with Gasteiger partial charge in [0, 0.05) is 0 Å². The number of rotatable bonds is 4. The predicted octanol–water partition coefficient (Wildman–Crippen LogP) is 2.93. The van der Waals surface area contributed by atoms with Crippen molar-refractivity contribution in [3.8, 4) is 0 Å². The Labute approximate surface area is 60.4 Å². The average Bonchev–Trinajstić information content (AvgIpc) is 1.89. The lowest BCUT2D eigenvalue weighted by molar-refractivity contribution is 0.476.